The average Bonchev–Trinajstić information content (AvgIpc) is 3.47. The van der Waals surface area contributed by atoms with E-state index in [1.54, 1.807) is 30.5 Å². The molecule has 14 heteroatoms. The van der Waals surface area contributed by atoms with Crippen LogP contribution in [0.25, 0.3) is 0 Å². The number of alkyl halides is 3. The Morgan fingerprint density at radius 3 is 2.49 bits per heavy atom. The fourth-order valence-corrected chi connectivity index (χ4v) is 6.94. The van der Waals surface area contributed by atoms with E-state index in [9.17, 15) is 21.6 Å². The number of halogens is 5. The summed E-state index contributed by atoms with van der Waals surface area (Å²) in [5, 5.41) is 4.65. The Hall–Kier alpha value is -3.36. The molecular formula is C27H24BrF4N3O4S2. The predicted octanol–water partition coefficient (Wildman–Crippen LogP) is 7.65. The minimum Gasteiger partial charge on any atom is -0.497 e. The molecule has 4 aromatic rings. The molecule has 0 fully saturated rings. The number of nitrogens with zero attached hydrogens (tertiary/aromatic N) is 2. The molecule has 0 amide bonds. The van der Waals surface area contributed by atoms with Crippen molar-refractivity contribution in [3.05, 3.63) is 93.2 Å². The summed E-state index contributed by atoms with van der Waals surface area (Å²) >= 11 is 4.34. The van der Waals surface area contributed by atoms with Gasteiger partial charge in [-0.2, -0.15) is 13.2 Å². The van der Waals surface area contributed by atoms with Gasteiger partial charge in [0.2, 0.25) is 0 Å². The molecule has 0 radical (unpaired) electrons. The number of sulfonamides is 1. The maximum Gasteiger partial charge on any atom is 0.416 e. The number of ether oxygens (including phenoxy) is 2. The molecule has 0 aliphatic carbocycles. The smallest absolute Gasteiger partial charge is 0.416 e. The lowest BCUT2D eigenvalue weighted by Crippen LogP contribution is -2.31. The van der Waals surface area contributed by atoms with Crippen molar-refractivity contribution in [1.29, 1.82) is 0 Å². The second-order valence-electron chi connectivity index (χ2n) is 8.76. The van der Waals surface area contributed by atoms with Crippen LogP contribution >= 0.6 is 27.3 Å². The Kier molecular flexibility index (Phi) is 9.14. The quantitative estimate of drug-likeness (QED) is 0.174. The molecule has 41 heavy (non-hydrogen) atoms. The number of methoxy groups -OCH3 is 2. The first kappa shape index (κ1) is 30.6. The third-order valence-electron chi connectivity index (χ3n) is 6.12. The Morgan fingerprint density at radius 1 is 1.10 bits per heavy atom. The summed E-state index contributed by atoms with van der Waals surface area (Å²) in [6.45, 7) is 1.39. The zero-order valence-corrected chi connectivity index (χ0v) is 25.1. The van der Waals surface area contributed by atoms with Crippen molar-refractivity contribution >= 4 is 48.1 Å². The van der Waals surface area contributed by atoms with E-state index in [2.05, 4.69) is 26.2 Å². The van der Waals surface area contributed by atoms with E-state index in [4.69, 9.17) is 9.47 Å². The van der Waals surface area contributed by atoms with Crippen molar-refractivity contribution < 1.29 is 35.5 Å². The van der Waals surface area contributed by atoms with E-state index in [1.807, 2.05) is 0 Å². The molecule has 3 aromatic carbocycles. The Bertz CT molecular complexity index is 1630. The molecule has 0 spiro atoms. The van der Waals surface area contributed by atoms with Gasteiger partial charge in [-0.25, -0.2) is 22.1 Å². The fraction of sp³-hybridized carbons (Fsp3) is 0.222. The zero-order chi connectivity index (χ0) is 29.9. The summed E-state index contributed by atoms with van der Waals surface area (Å²) in [6, 6.07) is 11.1. The highest BCUT2D eigenvalue weighted by Gasteiger charge is 2.33. The van der Waals surface area contributed by atoms with Gasteiger partial charge in [0.1, 0.15) is 22.2 Å². The van der Waals surface area contributed by atoms with Crippen molar-refractivity contribution in [3.8, 4) is 11.5 Å². The summed E-state index contributed by atoms with van der Waals surface area (Å²) < 4.78 is 94.5. The SMILES string of the molecule is COc1ccc(CN(c2nccs2)S(=O)(=O)c2cc(Br)c(NC(C)c3cccc(C(F)(F)F)c3)cc2F)c(OC)c1. The number of benzene rings is 3. The second kappa shape index (κ2) is 12.2. The van der Waals surface area contributed by atoms with Gasteiger partial charge in [0, 0.05) is 33.7 Å². The number of nitrogens with one attached hydrogen (secondary N) is 1. The molecule has 0 saturated carbocycles. The monoisotopic (exact) mass is 673 g/mol. The van der Waals surface area contributed by atoms with Crippen LogP contribution in [0.5, 0.6) is 11.5 Å². The lowest BCUT2D eigenvalue weighted by atomic mass is 10.0. The second-order valence-corrected chi connectivity index (χ2v) is 12.3. The molecule has 4 rings (SSSR count). The lowest BCUT2D eigenvalue weighted by molar-refractivity contribution is -0.137. The summed E-state index contributed by atoms with van der Waals surface area (Å²) in [4.78, 5) is 3.51. The molecule has 7 nitrogen and oxygen atoms in total. The van der Waals surface area contributed by atoms with E-state index in [0.717, 1.165) is 39.9 Å². The summed E-state index contributed by atoms with van der Waals surface area (Å²) in [5.74, 6) is -0.187. The van der Waals surface area contributed by atoms with Crippen molar-refractivity contribution in [1.82, 2.24) is 4.98 Å². The van der Waals surface area contributed by atoms with E-state index in [0.29, 0.717) is 22.6 Å². The molecule has 218 valence electrons. The van der Waals surface area contributed by atoms with Crippen LogP contribution in [0.1, 0.15) is 29.7 Å². The van der Waals surface area contributed by atoms with Gasteiger partial charge in [-0.15, -0.1) is 11.3 Å². The predicted molar refractivity (Wildman–Crippen MR) is 153 cm³/mol. The van der Waals surface area contributed by atoms with Crippen LogP contribution in [-0.2, 0) is 22.7 Å². The molecular weight excluding hydrogens is 650 g/mol. The Labute approximate surface area is 246 Å². The number of anilines is 2. The van der Waals surface area contributed by atoms with Crippen LogP contribution in [0.3, 0.4) is 0 Å². The maximum atomic E-state index is 15.5. The van der Waals surface area contributed by atoms with E-state index < -0.39 is 38.5 Å². The molecule has 1 heterocycles. The van der Waals surface area contributed by atoms with Gasteiger partial charge < -0.3 is 14.8 Å². The number of hydrogen-bond acceptors (Lipinski definition) is 7. The third kappa shape index (κ3) is 6.76. The van der Waals surface area contributed by atoms with Crippen LogP contribution in [0, 0.1) is 5.82 Å². The van der Waals surface area contributed by atoms with E-state index >= 15 is 4.39 Å². The van der Waals surface area contributed by atoms with Crippen LogP contribution in [0.4, 0.5) is 28.4 Å². The van der Waals surface area contributed by atoms with Gasteiger partial charge in [-0.1, -0.05) is 12.1 Å². The highest BCUT2D eigenvalue weighted by molar-refractivity contribution is 9.10. The van der Waals surface area contributed by atoms with Crippen LogP contribution in [0.15, 0.2) is 75.5 Å². The molecule has 0 aliphatic rings. The highest BCUT2D eigenvalue weighted by atomic mass is 79.9. The number of hydrogen-bond donors (Lipinski definition) is 1. The summed E-state index contributed by atoms with van der Waals surface area (Å²) in [5.41, 5.74) is 0.141. The normalized spacial score (nSPS) is 12.6. The summed E-state index contributed by atoms with van der Waals surface area (Å²) in [6.07, 6.45) is -3.08. The molecule has 0 saturated heterocycles. The van der Waals surface area contributed by atoms with Gasteiger partial charge in [-0.05, 0) is 64.8 Å². The molecule has 1 unspecified atom stereocenters. The zero-order valence-electron chi connectivity index (χ0n) is 21.9. The maximum absolute atomic E-state index is 15.5. The molecule has 0 aliphatic heterocycles. The first-order valence-electron chi connectivity index (χ1n) is 11.9. The third-order valence-corrected chi connectivity index (χ3v) is 9.43. The lowest BCUT2D eigenvalue weighted by Gasteiger charge is -2.24. The molecule has 1 aromatic heterocycles. The van der Waals surface area contributed by atoms with Crippen molar-refractivity contribution in [2.75, 3.05) is 23.8 Å². The van der Waals surface area contributed by atoms with E-state index in [1.165, 1.54) is 32.5 Å². The number of rotatable bonds is 10. The van der Waals surface area contributed by atoms with Crippen LogP contribution < -0.4 is 19.1 Å². The van der Waals surface area contributed by atoms with Gasteiger partial charge in [0.15, 0.2) is 5.13 Å². The van der Waals surface area contributed by atoms with Crippen molar-refractivity contribution in [2.24, 2.45) is 0 Å². The van der Waals surface area contributed by atoms with Gasteiger partial charge in [0.05, 0.1) is 32.0 Å². The number of aromatic nitrogens is 1. The van der Waals surface area contributed by atoms with Gasteiger partial charge in [0.25, 0.3) is 10.0 Å². The highest BCUT2D eigenvalue weighted by Crippen LogP contribution is 2.37. The minimum absolute atomic E-state index is 0.110. The fourth-order valence-electron chi connectivity index (χ4n) is 3.99. The van der Waals surface area contributed by atoms with Crippen molar-refractivity contribution in [3.63, 3.8) is 0 Å². The Balaban J connectivity index is 1.68. The van der Waals surface area contributed by atoms with Gasteiger partial charge >= 0.3 is 6.18 Å². The molecule has 1 N–H and O–H groups in total. The van der Waals surface area contributed by atoms with Crippen LogP contribution in [0.2, 0.25) is 0 Å². The van der Waals surface area contributed by atoms with E-state index in [-0.39, 0.29) is 21.8 Å². The van der Waals surface area contributed by atoms with Crippen molar-refractivity contribution in [2.45, 2.75) is 30.6 Å². The molecule has 1 atom stereocenters. The first-order valence-corrected chi connectivity index (χ1v) is 15.0. The molecule has 0 bridgehead atoms. The summed E-state index contributed by atoms with van der Waals surface area (Å²) in [7, 11) is -1.58. The average molecular weight is 675 g/mol. The largest absolute Gasteiger partial charge is 0.497 e. The topological polar surface area (TPSA) is 80.8 Å². The standard InChI is InChI=1S/C27H24BrF4N3O4S2/c1-16(17-5-4-6-19(11-17)27(30,31)32)34-23-14-22(29)25(13-21(23)28)41(36,37)35(26-33-9-10-40-26)15-18-7-8-20(38-2)12-24(18)39-3/h4-14,16,34H,15H2,1-3H3. The van der Waals surface area contributed by atoms with Gasteiger partial charge in [-0.3, -0.25) is 0 Å². The van der Waals surface area contributed by atoms with Crippen LogP contribution in [-0.4, -0.2) is 27.6 Å². The number of thiazole rings is 1. The minimum atomic E-state index is -4.52. The Morgan fingerprint density at radius 2 is 1.85 bits per heavy atom. The first-order chi connectivity index (χ1) is 19.3.